The number of ether oxygens (including phenoxy) is 1. The number of nitriles is 1. The van der Waals surface area contributed by atoms with Crippen molar-refractivity contribution in [1.82, 2.24) is 0 Å². The molecule has 0 fully saturated rings. The first-order valence-corrected chi connectivity index (χ1v) is 14.2. The number of hydrogen-bond acceptors (Lipinski definition) is 4. The number of carbonyl (C=O) groups excluding carboxylic acids is 1. The van der Waals surface area contributed by atoms with Crippen LogP contribution >= 0.6 is 0 Å². The molecule has 0 amide bonds. The van der Waals surface area contributed by atoms with Gasteiger partial charge in [0.25, 0.3) is 6.47 Å². The fourth-order valence-corrected chi connectivity index (χ4v) is 5.73. The maximum absolute atomic E-state index is 10.8. The average Bonchev–Trinajstić information content (AvgIpc) is 3.09. The Morgan fingerprint density at radius 2 is 1.65 bits per heavy atom. The monoisotopic (exact) mass is 496 g/mol. The second-order valence-electron chi connectivity index (χ2n) is 10.3. The van der Waals surface area contributed by atoms with E-state index in [0.29, 0.717) is 6.47 Å². The number of unbranched alkanes of at least 4 members (excludes halogenated alkanes) is 7. The zero-order valence-corrected chi connectivity index (χ0v) is 22.3. The third-order valence-corrected chi connectivity index (χ3v) is 7.72. The van der Waals surface area contributed by atoms with E-state index in [4.69, 9.17) is 4.74 Å². The molecule has 1 heterocycles. The van der Waals surface area contributed by atoms with Gasteiger partial charge < -0.3 is 9.64 Å². The van der Waals surface area contributed by atoms with Crippen LogP contribution in [0.15, 0.2) is 59.9 Å². The quantitative estimate of drug-likeness (QED) is 0.128. The Balaban J connectivity index is 1.54. The van der Waals surface area contributed by atoms with Crippen LogP contribution in [0.3, 0.4) is 0 Å². The summed E-state index contributed by atoms with van der Waals surface area (Å²) in [6, 6.07) is 17.8. The van der Waals surface area contributed by atoms with Crippen molar-refractivity contribution in [2.24, 2.45) is 0 Å². The number of carbonyl (C=O) groups is 1. The van der Waals surface area contributed by atoms with Crippen LogP contribution in [0, 0.1) is 11.3 Å². The summed E-state index contributed by atoms with van der Waals surface area (Å²) < 4.78 is 4.94. The predicted octanol–water partition coefficient (Wildman–Crippen LogP) is 8.58. The van der Waals surface area contributed by atoms with E-state index in [-0.39, 0.29) is 5.76 Å². The maximum Gasteiger partial charge on any atom is 0.299 e. The lowest BCUT2D eigenvalue weighted by Gasteiger charge is -2.28. The van der Waals surface area contributed by atoms with Crippen molar-refractivity contribution in [3.63, 3.8) is 0 Å². The molecule has 0 spiro atoms. The van der Waals surface area contributed by atoms with Gasteiger partial charge in [0.1, 0.15) is 6.07 Å². The van der Waals surface area contributed by atoms with Crippen LogP contribution in [-0.2, 0) is 22.4 Å². The molecule has 4 rings (SSSR count). The van der Waals surface area contributed by atoms with Gasteiger partial charge >= 0.3 is 0 Å². The number of para-hydroxylation sites is 1. The number of nitrogens with zero attached hydrogens (tertiary/aromatic N) is 2. The van der Waals surface area contributed by atoms with Gasteiger partial charge in [0, 0.05) is 23.5 Å². The average molecular weight is 497 g/mol. The lowest BCUT2D eigenvalue weighted by atomic mass is 9.89. The largest absolute Gasteiger partial charge is 0.417 e. The molecule has 2 aromatic carbocycles. The third-order valence-electron chi connectivity index (χ3n) is 7.72. The molecule has 0 atom stereocenters. The van der Waals surface area contributed by atoms with E-state index >= 15 is 0 Å². The zero-order chi connectivity index (χ0) is 25.9. The van der Waals surface area contributed by atoms with Crippen LogP contribution in [0.1, 0.15) is 94.2 Å². The first kappa shape index (κ1) is 26.7. The Hall–Kier alpha value is -3.32. The standard InChI is InChI=1S/C33H40N2O2/c1-2-3-4-5-6-7-8-11-21-35-31-16-10-9-13-26(31)17-18-29-22-28(19-20-32(29)35)27-14-12-15-30(23-27)33(24-34)37-25-36/h9-10,13,16,19-20,22-23,25H,2-8,11-12,14-15,17-18,21H2,1H3/b33-30-. The lowest BCUT2D eigenvalue weighted by Crippen LogP contribution is -2.19. The first-order chi connectivity index (χ1) is 18.2. The zero-order valence-electron chi connectivity index (χ0n) is 22.3. The number of rotatable bonds is 12. The van der Waals surface area contributed by atoms with Crippen molar-refractivity contribution in [3.05, 3.63) is 76.6 Å². The van der Waals surface area contributed by atoms with Gasteiger partial charge in [0.2, 0.25) is 5.76 Å². The first-order valence-electron chi connectivity index (χ1n) is 14.2. The van der Waals surface area contributed by atoms with E-state index in [9.17, 15) is 10.1 Å². The number of hydrogen-bond donors (Lipinski definition) is 0. The highest BCUT2D eigenvalue weighted by atomic mass is 16.5. The number of aryl methyl sites for hydroxylation is 2. The number of benzene rings is 2. The second kappa shape index (κ2) is 13.8. The summed E-state index contributed by atoms with van der Waals surface area (Å²) in [4.78, 5) is 13.4. The van der Waals surface area contributed by atoms with Crippen LogP contribution in [0.4, 0.5) is 11.4 Å². The Morgan fingerprint density at radius 3 is 2.43 bits per heavy atom. The van der Waals surface area contributed by atoms with Crippen LogP contribution < -0.4 is 4.90 Å². The van der Waals surface area contributed by atoms with Crippen LogP contribution in [-0.4, -0.2) is 13.0 Å². The molecule has 0 saturated carbocycles. The number of fused-ring (bicyclic) bond motifs is 2. The van der Waals surface area contributed by atoms with Gasteiger partial charge in [-0.05, 0) is 79.0 Å². The Labute approximate surface area is 222 Å². The molecule has 0 saturated heterocycles. The highest BCUT2D eigenvalue weighted by Gasteiger charge is 2.22. The summed E-state index contributed by atoms with van der Waals surface area (Å²) in [5, 5.41) is 9.40. The molecule has 37 heavy (non-hydrogen) atoms. The van der Waals surface area contributed by atoms with E-state index in [2.05, 4.69) is 60.4 Å². The SMILES string of the molecule is CCCCCCCCCCN1c2ccccc2CCc2cc(C3=C/C(=C(/C#N)OC=O)CCC3)ccc21. The van der Waals surface area contributed by atoms with E-state index < -0.39 is 0 Å². The van der Waals surface area contributed by atoms with Crippen LogP contribution in [0.25, 0.3) is 5.57 Å². The third kappa shape index (κ3) is 6.92. The second-order valence-corrected chi connectivity index (χ2v) is 10.3. The summed E-state index contributed by atoms with van der Waals surface area (Å²) in [6.07, 6.45) is 17.4. The van der Waals surface area contributed by atoms with E-state index in [1.807, 2.05) is 6.07 Å². The molecule has 0 aromatic heterocycles. The Kier molecular flexibility index (Phi) is 10.0. The molecule has 0 bridgehead atoms. The van der Waals surface area contributed by atoms with E-state index in [1.54, 1.807) is 0 Å². The van der Waals surface area contributed by atoms with Crippen molar-refractivity contribution in [3.8, 4) is 6.07 Å². The van der Waals surface area contributed by atoms with E-state index in [1.165, 1.54) is 85.0 Å². The van der Waals surface area contributed by atoms with Crippen molar-refractivity contribution in [2.45, 2.75) is 90.4 Å². The van der Waals surface area contributed by atoms with Crippen LogP contribution in [0.2, 0.25) is 0 Å². The van der Waals surface area contributed by atoms with Gasteiger partial charge in [-0.2, -0.15) is 5.26 Å². The maximum atomic E-state index is 10.8. The Bertz CT molecular complexity index is 1170. The van der Waals surface area contributed by atoms with Gasteiger partial charge in [-0.1, -0.05) is 82.2 Å². The molecule has 4 heteroatoms. The predicted molar refractivity (Wildman–Crippen MR) is 152 cm³/mol. The minimum absolute atomic E-state index is 0.119. The normalized spacial score (nSPS) is 16.1. The van der Waals surface area contributed by atoms with Crippen molar-refractivity contribution in [2.75, 3.05) is 11.4 Å². The molecule has 2 aliphatic rings. The smallest absolute Gasteiger partial charge is 0.299 e. The van der Waals surface area contributed by atoms with Gasteiger partial charge in [-0.3, -0.25) is 4.79 Å². The van der Waals surface area contributed by atoms with E-state index in [0.717, 1.165) is 44.2 Å². The minimum Gasteiger partial charge on any atom is -0.417 e. The van der Waals surface area contributed by atoms with Gasteiger partial charge in [0.05, 0.1) is 0 Å². The van der Waals surface area contributed by atoms with Crippen molar-refractivity contribution < 1.29 is 9.53 Å². The molecule has 1 aliphatic heterocycles. The summed E-state index contributed by atoms with van der Waals surface area (Å²) in [7, 11) is 0. The van der Waals surface area contributed by atoms with Crippen molar-refractivity contribution >= 4 is 23.4 Å². The molecular formula is C33H40N2O2. The summed E-state index contributed by atoms with van der Waals surface area (Å²) in [5.74, 6) is 0.119. The lowest BCUT2D eigenvalue weighted by molar-refractivity contribution is -0.124. The number of anilines is 2. The fourth-order valence-electron chi connectivity index (χ4n) is 5.73. The van der Waals surface area contributed by atoms with Gasteiger partial charge in [0.15, 0.2) is 0 Å². The summed E-state index contributed by atoms with van der Waals surface area (Å²) in [6.45, 7) is 3.66. The molecule has 194 valence electrons. The molecule has 4 nitrogen and oxygen atoms in total. The van der Waals surface area contributed by atoms with Gasteiger partial charge in [-0.15, -0.1) is 0 Å². The highest BCUT2D eigenvalue weighted by molar-refractivity contribution is 5.76. The molecule has 0 N–H and O–H groups in total. The van der Waals surface area contributed by atoms with Crippen molar-refractivity contribution in [1.29, 1.82) is 5.26 Å². The highest BCUT2D eigenvalue weighted by Crippen LogP contribution is 2.39. The molecular weight excluding hydrogens is 456 g/mol. The molecule has 0 unspecified atom stereocenters. The fraction of sp³-hybridized carbons (Fsp3) is 0.455. The molecule has 0 radical (unpaired) electrons. The van der Waals surface area contributed by atoms with Crippen LogP contribution in [0.5, 0.6) is 0 Å². The summed E-state index contributed by atoms with van der Waals surface area (Å²) >= 11 is 0. The minimum atomic E-state index is 0.119. The van der Waals surface area contributed by atoms with Gasteiger partial charge in [-0.25, -0.2) is 0 Å². The summed E-state index contributed by atoms with van der Waals surface area (Å²) in [5.41, 5.74) is 8.71. The topological polar surface area (TPSA) is 53.3 Å². The Morgan fingerprint density at radius 1 is 0.919 bits per heavy atom. The molecule has 2 aromatic rings. The number of allylic oxidation sites excluding steroid dienone is 4. The molecule has 1 aliphatic carbocycles.